The minimum absolute atomic E-state index is 0.000828. The Hall–Kier alpha value is -1.97. The van der Waals surface area contributed by atoms with Gasteiger partial charge in [-0.1, -0.05) is 6.07 Å². The van der Waals surface area contributed by atoms with E-state index >= 15 is 0 Å². The van der Waals surface area contributed by atoms with Gasteiger partial charge in [-0.05, 0) is 55.3 Å². The van der Waals surface area contributed by atoms with Crippen LogP contribution in [-0.2, 0) is 20.0 Å². The molecule has 3 rings (SSSR count). The molecule has 0 radical (unpaired) electrons. The zero-order valence-electron chi connectivity index (χ0n) is 12.4. The van der Waals surface area contributed by atoms with Crippen molar-refractivity contribution in [2.24, 2.45) is 0 Å². The lowest BCUT2D eigenvalue weighted by atomic mass is 10.3. The van der Waals surface area contributed by atoms with Crippen LogP contribution in [0.1, 0.15) is 12.8 Å². The average Bonchev–Trinajstić information content (AvgIpc) is 3.30. The molecule has 6 nitrogen and oxygen atoms in total. The highest BCUT2D eigenvalue weighted by Crippen LogP contribution is 2.23. The van der Waals surface area contributed by atoms with Crippen LogP contribution in [0.15, 0.2) is 58.3 Å². The molecule has 1 aliphatic carbocycles. The van der Waals surface area contributed by atoms with Crippen LogP contribution >= 0.6 is 0 Å². The zero-order chi connectivity index (χ0) is 17.4. The van der Waals surface area contributed by atoms with E-state index in [2.05, 4.69) is 9.44 Å². The summed E-state index contributed by atoms with van der Waals surface area (Å²) in [6.07, 6.45) is 1.62. The zero-order valence-corrected chi connectivity index (χ0v) is 14.1. The van der Waals surface area contributed by atoms with Crippen LogP contribution in [0.2, 0.25) is 0 Å². The van der Waals surface area contributed by atoms with E-state index in [0.29, 0.717) is 0 Å². The van der Waals surface area contributed by atoms with Crippen LogP contribution in [0.4, 0.5) is 10.1 Å². The summed E-state index contributed by atoms with van der Waals surface area (Å²) in [5, 5.41) is 0. The molecule has 24 heavy (non-hydrogen) atoms. The first-order valence-electron chi connectivity index (χ1n) is 7.17. The van der Waals surface area contributed by atoms with E-state index in [1.807, 2.05) is 0 Å². The lowest BCUT2D eigenvalue weighted by Crippen LogP contribution is -2.25. The van der Waals surface area contributed by atoms with Crippen LogP contribution < -0.4 is 9.44 Å². The van der Waals surface area contributed by atoms with Crippen molar-refractivity contribution in [3.8, 4) is 0 Å². The molecule has 128 valence electrons. The topological polar surface area (TPSA) is 92.3 Å². The normalized spacial score (nSPS) is 15.2. The molecule has 1 saturated carbocycles. The minimum atomic E-state index is -3.93. The smallest absolute Gasteiger partial charge is 0.261 e. The fraction of sp³-hybridized carbons (Fsp3) is 0.200. The van der Waals surface area contributed by atoms with E-state index in [1.165, 1.54) is 42.5 Å². The standard InChI is InChI=1S/C15H15FN2O4S2/c16-11-2-1-3-13(10-11)18-24(21,22)15-8-6-14(7-9-15)23(19,20)17-12-4-5-12/h1-3,6-10,12,17-18H,4-5H2. The second-order valence-corrected chi connectivity index (χ2v) is 8.88. The van der Waals surface area contributed by atoms with Crippen molar-refractivity contribution in [2.75, 3.05) is 4.72 Å². The lowest BCUT2D eigenvalue weighted by molar-refractivity contribution is 0.580. The summed E-state index contributed by atoms with van der Waals surface area (Å²) >= 11 is 0. The summed E-state index contributed by atoms with van der Waals surface area (Å²) in [7, 11) is -7.57. The maximum Gasteiger partial charge on any atom is 0.261 e. The number of halogens is 1. The number of hydrogen-bond acceptors (Lipinski definition) is 4. The molecule has 9 heteroatoms. The van der Waals surface area contributed by atoms with Crippen molar-refractivity contribution < 1.29 is 21.2 Å². The first-order chi connectivity index (χ1) is 11.3. The molecular weight excluding hydrogens is 355 g/mol. The van der Waals surface area contributed by atoms with Crippen molar-refractivity contribution in [1.82, 2.24) is 4.72 Å². The Kier molecular flexibility index (Phi) is 4.33. The van der Waals surface area contributed by atoms with E-state index in [1.54, 1.807) is 0 Å². The van der Waals surface area contributed by atoms with E-state index in [4.69, 9.17) is 0 Å². The number of nitrogens with one attached hydrogen (secondary N) is 2. The van der Waals surface area contributed by atoms with Gasteiger partial charge in [-0.25, -0.2) is 25.9 Å². The molecule has 0 heterocycles. The number of rotatable bonds is 6. The Morgan fingerprint density at radius 2 is 1.46 bits per heavy atom. The summed E-state index contributed by atoms with van der Waals surface area (Å²) in [6, 6.07) is 9.86. The largest absolute Gasteiger partial charge is 0.280 e. The third kappa shape index (κ3) is 3.92. The van der Waals surface area contributed by atoms with Crippen molar-refractivity contribution in [1.29, 1.82) is 0 Å². The highest BCUT2D eigenvalue weighted by atomic mass is 32.2. The molecule has 2 N–H and O–H groups in total. The van der Waals surface area contributed by atoms with Gasteiger partial charge < -0.3 is 0 Å². The van der Waals surface area contributed by atoms with Crippen LogP contribution in [0.3, 0.4) is 0 Å². The fourth-order valence-corrected chi connectivity index (χ4v) is 4.41. The van der Waals surface area contributed by atoms with Gasteiger partial charge >= 0.3 is 0 Å². The van der Waals surface area contributed by atoms with Crippen molar-refractivity contribution in [3.05, 3.63) is 54.3 Å². The third-order valence-electron chi connectivity index (χ3n) is 3.42. The second-order valence-electron chi connectivity index (χ2n) is 5.48. The highest BCUT2D eigenvalue weighted by Gasteiger charge is 2.28. The Morgan fingerprint density at radius 3 is 2.00 bits per heavy atom. The van der Waals surface area contributed by atoms with Crippen molar-refractivity contribution in [3.63, 3.8) is 0 Å². The van der Waals surface area contributed by atoms with Gasteiger partial charge in [0, 0.05) is 6.04 Å². The second kappa shape index (κ2) is 6.15. The predicted molar refractivity (Wildman–Crippen MR) is 87.0 cm³/mol. The molecule has 1 fully saturated rings. The maximum atomic E-state index is 13.1. The van der Waals surface area contributed by atoms with E-state index in [0.717, 1.165) is 18.9 Å². The Morgan fingerprint density at radius 1 is 0.875 bits per heavy atom. The number of sulfonamides is 2. The number of hydrogen-bond donors (Lipinski definition) is 2. The number of benzene rings is 2. The van der Waals surface area contributed by atoms with Crippen molar-refractivity contribution >= 4 is 25.7 Å². The lowest BCUT2D eigenvalue weighted by Gasteiger charge is -2.09. The Balaban J connectivity index is 1.81. The van der Waals surface area contributed by atoms with Crippen LogP contribution in [0, 0.1) is 5.82 Å². The molecule has 0 spiro atoms. The minimum Gasteiger partial charge on any atom is -0.280 e. The fourth-order valence-electron chi connectivity index (χ4n) is 2.05. The quantitative estimate of drug-likeness (QED) is 0.814. The summed E-state index contributed by atoms with van der Waals surface area (Å²) in [5.41, 5.74) is 0.0853. The van der Waals surface area contributed by atoms with Gasteiger partial charge in [0.1, 0.15) is 5.82 Å². The van der Waals surface area contributed by atoms with Crippen LogP contribution in [0.25, 0.3) is 0 Å². The van der Waals surface area contributed by atoms with Crippen LogP contribution in [-0.4, -0.2) is 22.9 Å². The van der Waals surface area contributed by atoms with Crippen LogP contribution in [0.5, 0.6) is 0 Å². The molecule has 0 atom stereocenters. The molecule has 2 aromatic carbocycles. The summed E-state index contributed by atoms with van der Waals surface area (Å²) in [4.78, 5) is -0.115. The molecule has 0 aliphatic heterocycles. The SMILES string of the molecule is O=S(=O)(Nc1cccc(F)c1)c1ccc(S(=O)(=O)NC2CC2)cc1. The molecular formula is C15H15FN2O4S2. The van der Waals surface area contributed by atoms with Gasteiger partial charge in [0.15, 0.2) is 0 Å². The number of anilines is 1. The Bertz CT molecular complexity index is 953. The summed E-state index contributed by atoms with van der Waals surface area (Å²) in [6.45, 7) is 0. The average molecular weight is 370 g/mol. The summed E-state index contributed by atoms with van der Waals surface area (Å²) < 4.78 is 66.5. The van der Waals surface area contributed by atoms with E-state index in [-0.39, 0.29) is 21.5 Å². The molecule has 0 amide bonds. The van der Waals surface area contributed by atoms with Crippen molar-refractivity contribution in [2.45, 2.75) is 28.7 Å². The van der Waals surface area contributed by atoms with Gasteiger partial charge in [0.2, 0.25) is 10.0 Å². The first-order valence-corrected chi connectivity index (χ1v) is 10.1. The van der Waals surface area contributed by atoms with Gasteiger partial charge in [-0.3, -0.25) is 4.72 Å². The highest BCUT2D eigenvalue weighted by molar-refractivity contribution is 7.92. The van der Waals surface area contributed by atoms with E-state index in [9.17, 15) is 21.2 Å². The van der Waals surface area contributed by atoms with Gasteiger partial charge in [0.05, 0.1) is 15.5 Å². The molecule has 1 aliphatic rings. The van der Waals surface area contributed by atoms with Gasteiger partial charge in [-0.2, -0.15) is 0 Å². The molecule has 2 aromatic rings. The van der Waals surface area contributed by atoms with E-state index < -0.39 is 25.9 Å². The monoisotopic (exact) mass is 370 g/mol. The molecule has 0 saturated heterocycles. The first kappa shape index (κ1) is 16.9. The predicted octanol–water partition coefficient (Wildman–Crippen LogP) is 2.07. The van der Waals surface area contributed by atoms with Gasteiger partial charge in [0.25, 0.3) is 10.0 Å². The summed E-state index contributed by atoms with van der Waals surface area (Å²) in [5.74, 6) is -0.567. The van der Waals surface area contributed by atoms with Gasteiger partial charge in [-0.15, -0.1) is 0 Å². The molecule has 0 bridgehead atoms. The maximum absolute atomic E-state index is 13.1. The third-order valence-corrected chi connectivity index (χ3v) is 6.35. The molecule has 0 aromatic heterocycles. The Labute approximate surface area is 139 Å². The molecule has 0 unspecified atom stereocenters.